The van der Waals surface area contributed by atoms with Gasteiger partial charge in [0.25, 0.3) is 0 Å². The molecule has 0 saturated carbocycles. The summed E-state index contributed by atoms with van der Waals surface area (Å²) in [6, 6.07) is 6.46. The number of hydrogen-bond donors (Lipinski definition) is 5. The van der Waals surface area contributed by atoms with E-state index in [1.165, 1.54) is 0 Å². The van der Waals surface area contributed by atoms with Crippen molar-refractivity contribution < 1.29 is 9.59 Å². The second-order valence-electron chi connectivity index (χ2n) is 5.87. The average Bonchev–Trinajstić information content (AvgIpc) is 3.00. The summed E-state index contributed by atoms with van der Waals surface area (Å²) in [5.74, 6) is -0.348. The maximum absolute atomic E-state index is 12.1. The first-order valence-corrected chi connectivity index (χ1v) is 8.13. The molecule has 0 aliphatic rings. The molecule has 0 saturated heterocycles. The van der Waals surface area contributed by atoms with Crippen LogP contribution in [0.1, 0.15) is 18.4 Å². The summed E-state index contributed by atoms with van der Waals surface area (Å²) in [7, 11) is 0. The molecule has 8 heteroatoms. The van der Waals surface area contributed by atoms with Crippen LogP contribution in [0.25, 0.3) is 10.9 Å². The first kappa shape index (κ1) is 18.5. The molecular weight excluding hydrogens is 320 g/mol. The third kappa shape index (κ3) is 5.32. The molecule has 1 aromatic carbocycles. The van der Waals surface area contributed by atoms with Gasteiger partial charge in [0.1, 0.15) is 6.29 Å². The second-order valence-corrected chi connectivity index (χ2v) is 5.87. The summed E-state index contributed by atoms with van der Waals surface area (Å²) in [6.45, 7) is 0.412. The largest absolute Gasteiger partial charge is 0.370 e. The normalized spacial score (nSPS) is 13.2. The predicted molar refractivity (Wildman–Crippen MR) is 97.9 cm³/mol. The third-order valence-electron chi connectivity index (χ3n) is 3.91. The van der Waals surface area contributed by atoms with Crippen LogP contribution in [-0.2, 0) is 16.0 Å². The minimum Gasteiger partial charge on any atom is -0.370 e. The van der Waals surface area contributed by atoms with Crippen molar-refractivity contribution in [1.29, 1.82) is 0 Å². The first-order chi connectivity index (χ1) is 12.0. The van der Waals surface area contributed by atoms with Crippen LogP contribution >= 0.6 is 0 Å². The summed E-state index contributed by atoms with van der Waals surface area (Å²) in [6.07, 6.45) is 4.00. The fourth-order valence-corrected chi connectivity index (χ4v) is 2.61. The zero-order valence-corrected chi connectivity index (χ0v) is 13.9. The van der Waals surface area contributed by atoms with Crippen molar-refractivity contribution in [2.24, 2.45) is 22.2 Å². The van der Waals surface area contributed by atoms with Crippen LogP contribution in [-0.4, -0.2) is 41.8 Å². The van der Waals surface area contributed by atoms with Crippen LogP contribution in [0.4, 0.5) is 0 Å². The number of aromatic amines is 1. The molecule has 8 N–H and O–H groups in total. The van der Waals surface area contributed by atoms with Gasteiger partial charge in [-0.25, -0.2) is 0 Å². The Hall–Kier alpha value is -2.87. The number of aliphatic imine (C=N–C) groups is 1. The molecule has 0 fully saturated rings. The Morgan fingerprint density at radius 3 is 2.80 bits per heavy atom. The number of nitrogens with one attached hydrogen (secondary N) is 2. The Labute approximate surface area is 145 Å². The van der Waals surface area contributed by atoms with Crippen molar-refractivity contribution >= 4 is 29.1 Å². The van der Waals surface area contributed by atoms with Gasteiger partial charge in [-0.2, -0.15) is 0 Å². The number of fused-ring (bicyclic) bond motifs is 1. The van der Waals surface area contributed by atoms with Crippen LogP contribution < -0.4 is 22.5 Å². The minimum absolute atomic E-state index is 0.0118. The zero-order valence-electron chi connectivity index (χ0n) is 13.9. The van der Waals surface area contributed by atoms with Crippen molar-refractivity contribution in [2.75, 3.05) is 6.54 Å². The van der Waals surface area contributed by atoms with Crippen molar-refractivity contribution in [3.8, 4) is 0 Å². The molecule has 25 heavy (non-hydrogen) atoms. The second kappa shape index (κ2) is 8.84. The van der Waals surface area contributed by atoms with E-state index in [2.05, 4.69) is 15.3 Å². The average molecular weight is 344 g/mol. The molecule has 8 nitrogen and oxygen atoms in total. The van der Waals surface area contributed by atoms with Gasteiger partial charge in [0.15, 0.2) is 5.96 Å². The van der Waals surface area contributed by atoms with Crippen LogP contribution in [0, 0.1) is 0 Å². The summed E-state index contributed by atoms with van der Waals surface area (Å²) in [5.41, 5.74) is 18.3. The number of para-hydroxylation sites is 1. The Kier molecular flexibility index (Phi) is 6.53. The van der Waals surface area contributed by atoms with Crippen LogP contribution in [0.3, 0.4) is 0 Å². The lowest BCUT2D eigenvalue weighted by Gasteiger charge is -2.16. The highest BCUT2D eigenvalue weighted by molar-refractivity contribution is 5.86. The first-order valence-electron chi connectivity index (χ1n) is 8.13. The van der Waals surface area contributed by atoms with Crippen molar-refractivity contribution in [3.63, 3.8) is 0 Å². The smallest absolute Gasteiger partial charge is 0.237 e. The molecule has 2 rings (SSSR count). The predicted octanol–water partition coefficient (Wildman–Crippen LogP) is -0.225. The van der Waals surface area contributed by atoms with E-state index in [9.17, 15) is 9.59 Å². The number of H-pyrrole nitrogens is 1. The molecule has 1 amide bonds. The molecule has 134 valence electrons. The van der Waals surface area contributed by atoms with Gasteiger partial charge in [-0.3, -0.25) is 9.79 Å². The Balaban J connectivity index is 1.89. The van der Waals surface area contributed by atoms with E-state index >= 15 is 0 Å². The van der Waals surface area contributed by atoms with Gasteiger partial charge >= 0.3 is 0 Å². The van der Waals surface area contributed by atoms with E-state index in [0.29, 0.717) is 25.8 Å². The van der Waals surface area contributed by atoms with Crippen molar-refractivity contribution in [3.05, 3.63) is 36.0 Å². The summed E-state index contributed by atoms with van der Waals surface area (Å²) in [4.78, 5) is 30.5. The molecule has 0 aliphatic carbocycles. The van der Waals surface area contributed by atoms with Gasteiger partial charge in [-0.15, -0.1) is 0 Å². The number of benzene rings is 1. The summed E-state index contributed by atoms with van der Waals surface area (Å²) < 4.78 is 0. The van der Waals surface area contributed by atoms with E-state index in [-0.39, 0.29) is 11.9 Å². The highest BCUT2D eigenvalue weighted by Crippen LogP contribution is 2.18. The highest BCUT2D eigenvalue weighted by Gasteiger charge is 2.19. The fraction of sp³-hybridized carbons (Fsp3) is 0.353. The molecule has 0 aliphatic heterocycles. The lowest BCUT2D eigenvalue weighted by Crippen LogP contribution is -2.46. The number of carbonyl (C=O) groups is 2. The monoisotopic (exact) mass is 344 g/mol. The molecular formula is C17H24N6O2. The third-order valence-corrected chi connectivity index (χ3v) is 3.91. The van der Waals surface area contributed by atoms with E-state index in [0.717, 1.165) is 22.8 Å². The van der Waals surface area contributed by atoms with Crippen molar-refractivity contribution in [2.45, 2.75) is 31.3 Å². The number of nitrogens with zero attached hydrogens (tertiary/aromatic N) is 1. The van der Waals surface area contributed by atoms with E-state index < -0.39 is 12.1 Å². The quantitative estimate of drug-likeness (QED) is 0.184. The molecule has 0 unspecified atom stereocenters. The highest BCUT2D eigenvalue weighted by atomic mass is 16.2. The van der Waals surface area contributed by atoms with Gasteiger partial charge < -0.3 is 32.3 Å². The number of aldehydes is 1. The van der Waals surface area contributed by atoms with Gasteiger partial charge in [0.05, 0.1) is 12.1 Å². The lowest BCUT2D eigenvalue weighted by molar-refractivity contribution is -0.125. The standard InChI is InChI=1S/C17H24N6O2/c18-14(5-3-7-21-17(19)20)16(25)23-12(10-24)8-11-9-22-15-6-2-1-4-13(11)15/h1-2,4,6,9-10,12,14,22H,3,5,7-8,18H2,(H,23,25)(H4,19,20,21)/t12-,14+/m1/s1. The lowest BCUT2D eigenvalue weighted by atomic mass is 10.0. The Morgan fingerprint density at radius 2 is 2.08 bits per heavy atom. The Morgan fingerprint density at radius 1 is 1.32 bits per heavy atom. The number of guanidine groups is 1. The van der Waals surface area contributed by atoms with Gasteiger partial charge in [0.2, 0.25) is 5.91 Å². The van der Waals surface area contributed by atoms with Crippen molar-refractivity contribution in [1.82, 2.24) is 10.3 Å². The number of carbonyl (C=O) groups excluding carboxylic acids is 2. The minimum atomic E-state index is -0.709. The molecule has 2 aromatic rings. The number of nitrogens with two attached hydrogens (primary N) is 3. The topological polar surface area (TPSA) is 152 Å². The van der Waals surface area contributed by atoms with Crippen LogP contribution in [0.5, 0.6) is 0 Å². The fourth-order valence-electron chi connectivity index (χ4n) is 2.61. The maximum atomic E-state index is 12.1. The molecule has 0 spiro atoms. The van der Waals surface area contributed by atoms with Crippen LogP contribution in [0.15, 0.2) is 35.5 Å². The molecule has 0 radical (unpaired) electrons. The molecule has 1 heterocycles. The molecule has 1 aromatic heterocycles. The summed E-state index contributed by atoms with van der Waals surface area (Å²) in [5, 5.41) is 3.72. The van der Waals surface area contributed by atoms with Crippen LogP contribution in [0.2, 0.25) is 0 Å². The SMILES string of the molecule is NC(N)=NCCC[C@H](N)C(=O)N[C@@H](C=O)Cc1c[nH]c2ccccc12. The summed E-state index contributed by atoms with van der Waals surface area (Å²) >= 11 is 0. The number of aromatic nitrogens is 1. The maximum Gasteiger partial charge on any atom is 0.237 e. The number of amides is 1. The number of hydrogen-bond acceptors (Lipinski definition) is 4. The van der Waals surface area contributed by atoms with E-state index in [1.807, 2.05) is 30.5 Å². The van der Waals surface area contributed by atoms with E-state index in [4.69, 9.17) is 17.2 Å². The number of rotatable bonds is 9. The molecule has 2 atom stereocenters. The van der Waals surface area contributed by atoms with Gasteiger partial charge in [-0.05, 0) is 24.5 Å². The zero-order chi connectivity index (χ0) is 18.2. The van der Waals surface area contributed by atoms with Gasteiger partial charge in [0, 0.05) is 30.1 Å². The van der Waals surface area contributed by atoms with Gasteiger partial charge in [-0.1, -0.05) is 18.2 Å². The molecule has 0 bridgehead atoms. The Bertz CT molecular complexity index is 750. The van der Waals surface area contributed by atoms with E-state index in [1.54, 1.807) is 0 Å².